The summed E-state index contributed by atoms with van der Waals surface area (Å²) in [6.07, 6.45) is 3.17. The van der Waals surface area contributed by atoms with Crippen LogP contribution in [0.5, 0.6) is 5.75 Å². The summed E-state index contributed by atoms with van der Waals surface area (Å²) < 4.78 is 5.23. The van der Waals surface area contributed by atoms with Crippen molar-refractivity contribution in [2.24, 2.45) is 0 Å². The predicted molar refractivity (Wildman–Crippen MR) is 86.1 cm³/mol. The lowest BCUT2D eigenvalue weighted by atomic mass is 10.2. The van der Waals surface area contributed by atoms with Crippen LogP contribution in [0.15, 0.2) is 46.7 Å². The molecule has 0 bridgehead atoms. The van der Waals surface area contributed by atoms with Gasteiger partial charge in [-0.1, -0.05) is 17.7 Å². The van der Waals surface area contributed by atoms with Gasteiger partial charge in [0.1, 0.15) is 17.2 Å². The molecule has 2 N–H and O–H groups in total. The van der Waals surface area contributed by atoms with Crippen LogP contribution in [0.2, 0.25) is 5.02 Å². The van der Waals surface area contributed by atoms with Gasteiger partial charge in [-0.15, -0.1) is 0 Å². The van der Waals surface area contributed by atoms with Gasteiger partial charge in [0, 0.05) is 0 Å². The number of furan rings is 1. The van der Waals surface area contributed by atoms with Gasteiger partial charge in [0.05, 0.1) is 17.8 Å². The molecule has 7 heteroatoms. The van der Waals surface area contributed by atoms with Crippen LogP contribution in [0.1, 0.15) is 11.3 Å². The van der Waals surface area contributed by atoms with Gasteiger partial charge in [-0.05, 0) is 48.1 Å². The molecule has 0 saturated carbocycles. The highest BCUT2D eigenvalue weighted by molar-refractivity contribution is 7.80. The van der Waals surface area contributed by atoms with Crippen molar-refractivity contribution < 1.29 is 14.3 Å². The maximum Gasteiger partial charge on any atom is 0.276 e. The number of benzene rings is 1. The normalized spacial score (nSPS) is 16.4. The molecule has 0 aliphatic carbocycles. The lowest BCUT2D eigenvalue weighted by Gasteiger charge is -2.11. The van der Waals surface area contributed by atoms with Crippen LogP contribution in [0, 0.1) is 0 Å². The Labute approximate surface area is 136 Å². The second-order valence-electron chi connectivity index (χ2n) is 4.67. The van der Waals surface area contributed by atoms with Gasteiger partial charge in [-0.2, -0.15) is 0 Å². The van der Waals surface area contributed by atoms with E-state index >= 15 is 0 Å². The molecule has 112 valence electrons. The van der Waals surface area contributed by atoms with E-state index in [4.69, 9.17) is 28.2 Å². The monoisotopic (exact) mass is 334 g/mol. The van der Waals surface area contributed by atoms with Crippen LogP contribution in [-0.2, 0) is 11.3 Å². The smallest absolute Gasteiger partial charge is 0.276 e. The minimum Gasteiger partial charge on any atom is -0.506 e. The molecule has 0 spiro atoms. The fraction of sp³-hybridized carbons (Fsp3) is 0.0667. The van der Waals surface area contributed by atoms with Gasteiger partial charge in [0.25, 0.3) is 5.91 Å². The van der Waals surface area contributed by atoms with Crippen molar-refractivity contribution in [1.82, 2.24) is 10.2 Å². The number of amides is 1. The van der Waals surface area contributed by atoms with Crippen molar-refractivity contribution in [3.8, 4) is 5.75 Å². The van der Waals surface area contributed by atoms with Crippen molar-refractivity contribution in [3.05, 3.63) is 58.6 Å². The molecule has 0 radical (unpaired) electrons. The number of aromatic hydroxyl groups is 1. The van der Waals surface area contributed by atoms with Crippen molar-refractivity contribution in [2.45, 2.75) is 6.54 Å². The average Bonchev–Trinajstić information content (AvgIpc) is 3.08. The maximum atomic E-state index is 12.4. The first kappa shape index (κ1) is 14.6. The molecule has 5 nitrogen and oxygen atoms in total. The van der Waals surface area contributed by atoms with Gasteiger partial charge < -0.3 is 14.8 Å². The van der Waals surface area contributed by atoms with Crippen molar-refractivity contribution in [1.29, 1.82) is 0 Å². The molecule has 1 saturated heterocycles. The van der Waals surface area contributed by atoms with Gasteiger partial charge in [-0.3, -0.25) is 9.69 Å². The molecule has 1 fully saturated rings. The Morgan fingerprint density at radius 3 is 2.91 bits per heavy atom. The summed E-state index contributed by atoms with van der Waals surface area (Å²) >= 11 is 11.0. The molecular formula is C15H11ClN2O3S. The van der Waals surface area contributed by atoms with E-state index in [1.165, 1.54) is 11.0 Å². The van der Waals surface area contributed by atoms with E-state index in [0.29, 0.717) is 22.1 Å². The second-order valence-corrected chi connectivity index (χ2v) is 5.46. The van der Waals surface area contributed by atoms with Gasteiger partial charge in [-0.25, -0.2) is 0 Å². The van der Waals surface area contributed by atoms with E-state index in [9.17, 15) is 9.90 Å². The van der Waals surface area contributed by atoms with Crippen LogP contribution < -0.4 is 5.32 Å². The molecule has 0 unspecified atom stereocenters. The second kappa shape index (κ2) is 5.82. The SMILES string of the molecule is O=C1/C(=C/c2ccc(O)c(Cl)c2)NC(=S)N1Cc1ccco1. The molecule has 2 aromatic rings. The summed E-state index contributed by atoms with van der Waals surface area (Å²) in [5.41, 5.74) is 1.03. The van der Waals surface area contributed by atoms with Gasteiger partial charge in [0.2, 0.25) is 0 Å². The molecule has 22 heavy (non-hydrogen) atoms. The first-order chi connectivity index (χ1) is 10.5. The zero-order valence-corrected chi connectivity index (χ0v) is 12.8. The van der Waals surface area contributed by atoms with Crippen molar-refractivity contribution in [2.75, 3.05) is 0 Å². The summed E-state index contributed by atoms with van der Waals surface area (Å²) in [6.45, 7) is 0.269. The van der Waals surface area contributed by atoms with E-state index in [0.717, 1.165) is 0 Å². The average molecular weight is 335 g/mol. The van der Waals surface area contributed by atoms with Crippen LogP contribution in [0.3, 0.4) is 0 Å². The Kier molecular flexibility index (Phi) is 3.87. The number of thiocarbonyl (C=S) groups is 1. The Hall–Kier alpha value is -2.31. The number of phenols is 1. The topological polar surface area (TPSA) is 65.7 Å². The summed E-state index contributed by atoms with van der Waals surface area (Å²) in [7, 11) is 0. The summed E-state index contributed by atoms with van der Waals surface area (Å²) in [5.74, 6) is 0.390. The first-order valence-electron chi connectivity index (χ1n) is 6.40. The zero-order valence-electron chi connectivity index (χ0n) is 11.2. The van der Waals surface area contributed by atoms with E-state index in [2.05, 4.69) is 5.32 Å². The summed E-state index contributed by atoms with van der Waals surface area (Å²) in [6, 6.07) is 8.21. The fourth-order valence-corrected chi connectivity index (χ4v) is 2.50. The van der Waals surface area contributed by atoms with E-state index < -0.39 is 0 Å². The Morgan fingerprint density at radius 1 is 1.41 bits per heavy atom. The third kappa shape index (κ3) is 2.84. The number of rotatable bonds is 3. The molecule has 1 aliphatic rings. The molecule has 0 atom stereocenters. The van der Waals surface area contributed by atoms with Crippen molar-refractivity contribution in [3.63, 3.8) is 0 Å². The fourth-order valence-electron chi connectivity index (χ4n) is 2.05. The number of carbonyl (C=O) groups is 1. The molecule has 2 heterocycles. The quantitative estimate of drug-likeness (QED) is 0.667. The standard InChI is InChI=1S/C15H11ClN2O3S/c16-11-6-9(3-4-13(11)19)7-12-14(20)18(15(22)17-12)8-10-2-1-5-21-10/h1-7,19H,8H2,(H,17,22)/b12-7-. The van der Waals surface area contributed by atoms with Crippen molar-refractivity contribution >= 4 is 40.9 Å². The highest BCUT2D eigenvalue weighted by Gasteiger charge is 2.31. The highest BCUT2D eigenvalue weighted by Crippen LogP contribution is 2.25. The first-order valence-corrected chi connectivity index (χ1v) is 7.18. The molecule has 1 amide bonds. The minimum absolute atomic E-state index is 0.00973. The number of hydrogen-bond acceptors (Lipinski definition) is 4. The Bertz CT molecular complexity index is 771. The van der Waals surface area contributed by atoms with Crippen LogP contribution >= 0.6 is 23.8 Å². The van der Waals surface area contributed by atoms with E-state index in [1.54, 1.807) is 36.6 Å². The maximum absolute atomic E-state index is 12.4. The number of nitrogens with one attached hydrogen (secondary N) is 1. The van der Waals surface area contributed by atoms with Crippen LogP contribution in [0.25, 0.3) is 6.08 Å². The highest BCUT2D eigenvalue weighted by atomic mass is 35.5. The zero-order chi connectivity index (χ0) is 15.7. The summed E-state index contributed by atoms with van der Waals surface area (Å²) in [5, 5.41) is 12.8. The van der Waals surface area contributed by atoms with Crippen LogP contribution in [0.4, 0.5) is 0 Å². The Balaban J connectivity index is 1.83. The number of carbonyl (C=O) groups excluding carboxylic acids is 1. The summed E-state index contributed by atoms with van der Waals surface area (Å²) in [4.78, 5) is 13.8. The molecule has 3 rings (SSSR count). The predicted octanol–water partition coefficient (Wildman–Crippen LogP) is 2.90. The van der Waals surface area contributed by atoms with Gasteiger partial charge in [0.15, 0.2) is 5.11 Å². The third-order valence-electron chi connectivity index (χ3n) is 3.14. The number of nitrogens with zero attached hydrogens (tertiary/aromatic N) is 1. The van der Waals surface area contributed by atoms with E-state index in [1.807, 2.05) is 0 Å². The number of phenolic OH excluding ortho intramolecular Hbond substituents is 1. The Morgan fingerprint density at radius 2 is 2.23 bits per heavy atom. The van der Waals surface area contributed by atoms with Gasteiger partial charge >= 0.3 is 0 Å². The minimum atomic E-state index is -0.245. The van der Waals surface area contributed by atoms with Crippen LogP contribution in [-0.4, -0.2) is 21.0 Å². The molecular weight excluding hydrogens is 324 g/mol. The largest absolute Gasteiger partial charge is 0.506 e. The lowest BCUT2D eigenvalue weighted by molar-refractivity contribution is -0.122. The lowest BCUT2D eigenvalue weighted by Crippen LogP contribution is -2.29. The van der Waals surface area contributed by atoms with E-state index in [-0.39, 0.29) is 23.2 Å². The number of halogens is 1. The molecule has 1 aromatic heterocycles. The molecule has 1 aliphatic heterocycles. The third-order valence-corrected chi connectivity index (χ3v) is 3.76. The molecule has 1 aromatic carbocycles. The number of hydrogen-bond donors (Lipinski definition) is 2.